The number of aromatic nitrogens is 5. The second kappa shape index (κ2) is 10.8. The van der Waals surface area contributed by atoms with Crippen LogP contribution in [0.5, 0.6) is 5.75 Å². The molecule has 1 fully saturated rings. The van der Waals surface area contributed by atoms with E-state index in [1.54, 1.807) is 30.5 Å². The molecule has 3 aromatic heterocycles. The van der Waals surface area contributed by atoms with Crippen molar-refractivity contribution in [3.63, 3.8) is 0 Å². The Morgan fingerprint density at radius 2 is 1.92 bits per heavy atom. The molecular formula is C27H29Cl2N9O. The number of hydrogen-bond donors (Lipinski definition) is 3. The molecule has 4 aromatic rings. The minimum Gasteiger partial charge on any atom is -0.486 e. The standard InChI is InChI=1S/C27H29Cl2N9O/c1-16(25-20(28)13-33-14-21(25)29)39-18-3-4-22(30)19(11-18)26(31)23-5-6-24(36-35-23)38-10-8-27(32,15-38)12-17-7-9-34-37(17)2/h3-7,9,11,13-14,16,31H,8,10,12,15,30,32H2,1-2H3/t16-,27?/m1/s1. The van der Waals surface area contributed by atoms with Crippen LogP contribution >= 0.6 is 23.2 Å². The number of anilines is 2. The lowest BCUT2D eigenvalue weighted by atomic mass is 9.94. The molecule has 1 aromatic carbocycles. The quantitative estimate of drug-likeness (QED) is 0.213. The molecule has 0 saturated carbocycles. The van der Waals surface area contributed by atoms with E-state index in [9.17, 15) is 0 Å². The van der Waals surface area contributed by atoms with Gasteiger partial charge in [0.15, 0.2) is 5.82 Å². The lowest BCUT2D eigenvalue weighted by Crippen LogP contribution is -2.45. The molecule has 12 heteroatoms. The summed E-state index contributed by atoms with van der Waals surface area (Å²) in [7, 11) is 1.92. The first-order chi connectivity index (χ1) is 18.6. The second-order valence-electron chi connectivity index (χ2n) is 9.83. The van der Waals surface area contributed by atoms with E-state index < -0.39 is 6.10 Å². The number of hydrogen-bond acceptors (Lipinski definition) is 9. The predicted molar refractivity (Wildman–Crippen MR) is 153 cm³/mol. The van der Waals surface area contributed by atoms with E-state index in [0.717, 1.165) is 25.1 Å². The molecule has 10 nitrogen and oxygen atoms in total. The zero-order valence-corrected chi connectivity index (χ0v) is 23.1. The minimum atomic E-state index is -0.453. The van der Waals surface area contributed by atoms with Crippen LogP contribution < -0.4 is 21.1 Å². The highest BCUT2D eigenvalue weighted by atomic mass is 35.5. The van der Waals surface area contributed by atoms with Gasteiger partial charge in [-0.3, -0.25) is 15.1 Å². The van der Waals surface area contributed by atoms with Crippen LogP contribution in [0.2, 0.25) is 10.0 Å². The van der Waals surface area contributed by atoms with E-state index in [0.29, 0.717) is 50.7 Å². The molecule has 0 aliphatic carbocycles. The molecule has 39 heavy (non-hydrogen) atoms. The highest BCUT2D eigenvalue weighted by molar-refractivity contribution is 6.35. The molecule has 0 bridgehead atoms. The van der Waals surface area contributed by atoms with Crippen LogP contribution in [-0.4, -0.2) is 49.3 Å². The Labute approximate surface area is 236 Å². The molecule has 202 valence electrons. The zero-order valence-electron chi connectivity index (χ0n) is 21.6. The smallest absolute Gasteiger partial charge is 0.151 e. The topological polar surface area (TPSA) is 145 Å². The van der Waals surface area contributed by atoms with E-state index in [4.69, 9.17) is 44.8 Å². The van der Waals surface area contributed by atoms with Gasteiger partial charge in [-0.1, -0.05) is 23.2 Å². The molecule has 1 saturated heterocycles. The summed E-state index contributed by atoms with van der Waals surface area (Å²) >= 11 is 12.6. The molecule has 0 spiro atoms. The van der Waals surface area contributed by atoms with Crippen LogP contribution in [0.25, 0.3) is 0 Å². The first-order valence-corrected chi connectivity index (χ1v) is 13.2. The number of nitrogen functional groups attached to an aromatic ring is 1. The molecule has 1 aliphatic rings. The summed E-state index contributed by atoms with van der Waals surface area (Å²) in [6, 6.07) is 10.8. The number of halogens is 2. The zero-order chi connectivity index (χ0) is 27.7. The van der Waals surface area contributed by atoms with Gasteiger partial charge in [0.05, 0.1) is 15.8 Å². The number of aryl methyl sites for hydroxylation is 1. The maximum Gasteiger partial charge on any atom is 0.151 e. The Balaban J connectivity index is 1.29. The van der Waals surface area contributed by atoms with Crippen LogP contribution in [-0.2, 0) is 13.5 Å². The highest BCUT2D eigenvalue weighted by Crippen LogP contribution is 2.33. The summed E-state index contributed by atoms with van der Waals surface area (Å²) in [4.78, 5) is 6.10. The van der Waals surface area contributed by atoms with Crippen molar-refractivity contribution in [1.29, 1.82) is 5.41 Å². The maximum atomic E-state index is 8.77. The van der Waals surface area contributed by atoms with Gasteiger partial charge in [-0.15, -0.1) is 10.2 Å². The average Bonchev–Trinajstić information content (AvgIpc) is 3.50. The number of pyridine rings is 1. The van der Waals surface area contributed by atoms with Crippen molar-refractivity contribution in [3.05, 3.63) is 87.5 Å². The van der Waals surface area contributed by atoms with Crippen LogP contribution in [0.15, 0.2) is 55.0 Å². The maximum absolute atomic E-state index is 8.77. The van der Waals surface area contributed by atoms with E-state index in [1.807, 2.05) is 30.8 Å². The van der Waals surface area contributed by atoms with Crippen molar-refractivity contribution in [3.8, 4) is 5.75 Å². The van der Waals surface area contributed by atoms with Gasteiger partial charge in [-0.2, -0.15) is 5.10 Å². The van der Waals surface area contributed by atoms with Crippen molar-refractivity contribution in [1.82, 2.24) is 25.0 Å². The Bertz CT molecular complexity index is 1490. The number of ether oxygens (including phenoxy) is 1. The number of nitrogens with zero attached hydrogens (tertiary/aromatic N) is 6. The summed E-state index contributed by atoms with van der Waals surface area (Å²) < 4.78 is 7.94. The van der Waals surface area contributed by atoms with Crippen LogP contribution in [0.4, 0.5) is 11.5 Å². The molecule has 2 atom stereocenters. The molecule has 1 unspecified atom stereocenters. The number of nitrogens with one attached hydrogen (secondary N) is 1. The van der Waals surface area contributed by atoms with Gasteiger partial charge in [0.2, 0.25) is 0 Å². The summed E-state index contributed by atoms with van der Waals surface area (Å²) in [5, 5.41) is 22.6. The predicted octanol–water partition coefficient (Wildman–Crippen LogP) is 4.20. The molecule has 1 aliphatic heterocycles. The normalized spacial score (nSPS) is 17.8. The minimum absolute atomic E-state index is 0.135. The Morgan fingerprint density at radius 3 is 2.59 bits per heavy atom. The first kappa shape index (κ1) is 26.9. The fourth-order valence-electron chi connectivity index (χ4n) is 4.83. The highest BCUT2D eigenvalue weighted by Gasteiger charge is 2.36. The van der Waals surface area contributed by atoms with E-state index >= 15 is 0 Å². The van der Waals surface area contributed by atoms with E-state index in [-0.39, 0.29) is 11.3 Å². The monoisotopic (exact) mass is 565 g/mol. The number of nitrogens with two attached hydrogens (primary N) is 2. The van der Waals surface area contributed by atoms with Gasteiger partial charge >= 0.3 is 0 Å². The third kappa shape index (κ3) is 5.68. The summed E-state index contributed by atoms with van der Waals surface area (Å²) in [5.41, 5.74) is 15.7. The average molecular weight is 566 g/mol. The fraction of sp³-hybridized carbons (Fsp3) is 0.296. The number of rotatable bonds is 8. The lowest BCUT2D eigenvalue weighted by molar-refractivity contribution is 0.227. The summed E-state index contributed by atoms with van der Waals surface area (Å²) in [6.07, 6.45) is 5.93. The largest absolute Gasteiger partial charge is 0.486 e. The summed E-state index contributed by atoms with van der Waals surface area (Å²) in [6.45, 7) is 3.26. The van der Waals surface area contributed by atoms with Crippen LogP contribution in [0.3, 0.4) is 0 Å². The molecule has 0 amide bonds. The van der Waals surface area contributed by atoms with Gasteiger partial charge in [-0.25, -0.2) is 0 Å². The van der Waals surface area contributed by atoms with Crippen LogP contribution in [0, 0.1) is 5.41 Å². The third-order valence-corrected chi connectivity index (χ3v) is 7.58. The second-order valence-corrected chi connectivity index (χ2v) is 10.6. The van der Waals surface area contributed by atoms with Crippen molar-refractivity contribution < 1.29 is 4.74 Å². The van der Waals surface area contributed by atoms with Crippen molar-refractivity contribution >= 4 is 40.4 Å². The van der Waals surface area contributed by atoms with E-state index in [1.165, 1.54) is 12.4 Å². The number of benzene rings is 1. The van der Waals surface area contributed by atoms with Gasteiger partial charge in [-0.05, 0) is 49.7 Å². The summed E-state index contributed by atoms with van der Waals surface area (Å²) in [5.74, 6) is 1.23. The SMILES string of the molecule is C[C@@H](Oc1ccc(N)c(C(=N)c2ccc(N3CCC(N)(Cc4ccnn4C)C3)nn2)c1)c1c(Cl)cncc1Cl. The molecule has 4 heterocycles. The van der Waals surface area contributed by atoms with Crippen molar-refractivity contribution in [2.75, 3.05) is 23.7 Å². The van der Waals surface area contributed by atoms with Gasteiger partial charge in [0, 0.05) is 73.2 Å². The third-order valence-electron chi connectivity index (χ3n) is 6.98. The molecule has 5 N–H and O–H groups in total. The first-order valence-electron chi connectivity index (χ1n) is 12.4. The van der Waals surface area contributed by atoms with Crippen LogP contribution in [0.1, 0.15) is 42.0 Å². The van der Waals surface area contributed by atoms with E-state index in [2.05, 4.69) is 25.2 Å². The fourth-order valence-corrected chi connectivity index (χ4v) is 5.51. The van der Waals surface area contributed by atoms with Crippen molar-refractivity contribution in [2.24, 2.45) is 12.8 Å². The Hall–Kier alpha value is -3.73. The van der Waals surface area contributed by atoms with Gasteiger partial charge in [0.25, 0.3) is 0 Å². The van der Waals surface area contributed by atoms with Gasteiger partial charge < -0.3 is 21.1 Å². The molecular weight excluding hydrogens is 537 g/mol. The van der Waals surface area contributed by atoms with Gasteiger partial charge in [0.1, 0.15) is 17.5 Å². The Morgan fingerprint density at radius 1 is 1.15 bits per heavy atom. The lowest BCUT2D eigenvalue weighted by Gasteiger charge is -2.25. The molecule has 0 radical (unpaired) electrons. The van der Waals surface area contributed by atoms with Crippen molar-refractivity contribution in [2.45, 2.75) is 31.4 Å². The molecule has 5 rings (SSSR count). The Kier molecular flexibility index (Phi) is 7.44.